The maximum absolute atomic E-state index is 14.0. The number of para-hydroxylation sites is 1. The monoisotopic (exact) mass is 564 g/mol. The number of ether oxygens (including phenoxy) is 2. The molecule has 0 aliphatic rings. The Morgan fingerprint density at radius 3 is 2.22 bits per heavy atom. The minimum Gasteiger partial charge on any atom is -0.493 e. The summed E-state index contributed by atoms with van der Waals surface area (Å²) in [5.41, 5.74) is 0.536. The highest BCUT2D eigenvalue weighted by Crippen LogP contribution is 2.39. The molecule has 2 aromatic carbocycles. The van der Waals surface area contributed by atoms with Crippen molar-refractivity contribution in [1.82, 2.24) is 10.5 Å². The first kappa shape index (κ1) is 30.9. The molecule has 2 N–H and O–H groups in total. The zero-order chi connectivity index (χ0) is 30.3. The largest absolute Gasteiger partial charge is 0.493 e. The molecule has 0 fully saturated rings. The molecule has 0 aliphatic carbocycles. The predicted molar refractivity (Wildman–Crippen MR) is 153 cm³/mol. The molecule has 3 rings (SSSR count). The first-order valence-electron chi connectivity index (χ1n) is 13.0. The minimum atomic E-state index is -1.21. The van der Waals surface area contributed by atoms with Crippen molar-refractivity contribution < 1.29 is 33.2 Å². The van der Waals surface area contributed by atoms with Gasteiger partial charge in [-0.1, -0.05) is 17.3 Å². The van der Waals surface area contributed by atoms with Crippen molar-refractivity contribution in [2.75, 3.05) is 24.4 Å². The second-order valence-corrected chi connectivity index (χ2v) is 10.5. The Morgan fingerprint density at radius 1 is 1.00 bits per heavy atom. The van der Waals surface area contributed by atoms with Crippen LogP contribution in [0.5, 0.6) is 11.5 Å². The van der Waals surface area contributed by atoms with Crippen LogP contribution >= 0.6 is 0 Å². The van der Waals surface area contributed by atoms with Crippen LogP contribution in [0.15, 0.2) is 53.1 Å². The lowest BCUT2D eigenvalue weighted by Crippen LogP contribution is -2.49. The van der Waals surface area contributed by atoms with Gasteiger partial charge in [0.05, 0.1) is 14.2 Å². The standard InChI is InChI=1S/C30H36N4O7/c1-18-17-24(33-41-18)31-25(36)15-16-26(37)34(21-13-11-20(12-14-21)19(2)35)27(29(38)32-30(3,4)5)22-9-8-10-23(39-6)28(22)40-7/h8-14,17,27H,15-16H2,1-7H3,(H,32,38)(H,31,33,36)/t27-/m1/s1. The van der Waals surface area contributed by atoms with E-state index in [9.17, 15) is 19.2 Å². The number of aromatic nitrogens is 1. The zero-order valence-corrected chi connectivity index (χ0v) is 24.4. The van der Waals surface area contributed by atoms with Crippen LogP contribution in [-0.2, 0) is 14.4 Å². The van der Waals surface area contributed by atoms with Crippen LogP contribution < -0.4 is 25.0 Å². The number of nitrogens with zero attached hydrogens (tertiary/aromatic N) is 2. The molecular weight excluding hydrogens is 528 g/mol. The van der Waals surface area contributed by atoms with Gasteiger partial charge in [-0.05, 0) is 65.0 Å². The van der Waals surface area contributed by atoms with Gasteiger partial charge in [0.2, 0.25) is 17.7 Å². The van der Waals surface area contributed by atoms with Crippen molar-refractivity contribution in [3.8, 4) is 11.5 Å². The van der Waals surface area contributed by atoms with Crippen LogP contribution in [0, 0.1) is 6.92 Å². The van der Waals surface area contributed by atoms with Crippen LogP contribution in [0.2, 0.25) is 0 Å². The number of benzene rings is 2. The van der Waals surface area contributed by atoms with Gasteiger partial charge in [-0.15, -0.1) is 0 Å². The molecule has 0 saturated heterocycles. The quantitative estimate of drug-likeness (QED) is 0.322. The number of Topliss-reactive ketones (excluding diaryl/α,β-unsaturated/α-hetero) is 1. The topological polar surface area (TPSA) is 140 Å². The number of carbonyl (C=O) groups is 4. The third-order valence-electron chi connectivity index (χ3n) is 6.01. The molecule has 1 heterocycles. The zero-order valence-electron chi connectivity index (χ0n) is 24.4. The van der Waals surface area contributed by atoms with Crippen molar-refractivity contribution in [3.05, 3.63) is 65.4 Å². The van der Waals surface area contributed by atoms with Gasteiger partial charge in [-0.25, -0.2) is 0 Å². The third-order valence-corrected chi connectivity index (χ3v) is 6.01. The minimum absolute atomic E-state index is 0.148. The molecule has 11 nitrogen and oxygen atoms in total. The summed E-state index contributed by atoms with van der Waals surface area (Å²) in [4.78, 5) is 53.8. The Morgan fingerprint density at radius 2 is 1.68 bits per heavy atom. The molecule has 1 atom stereocenters. The lowest BCUT2D eigenvalue weighted by atomic mass is 9.98. The van der Waals surface area contributed by atoms with Crippen molar-refractivity contribution in [2.45, 2.75) is 59.0 Å². The average Bonchev–Trinajstić information content (AvgIpc) is 3.32. The van der Waals surface area contributed by atoms with Crippen molar-refractivity contribution >= 4 is 35.0 Å². The summed E-state index contributed by atoms with van der Waals surface area (Å²) in [5, 5.41) is 9.30. The molecular formula is C30H36N4O7. The Bertz CT molecular complexity index is 1410. The van der Waals surface area contributed by atoms with Crippen LogP contribution in [-0.4, -0.2) is 48.4 Å². The summed E-state index contributed by atoms with van der Waals surface area (Å²) < 4.78 is 16.1. The first-order chi connectivity index (χ1) is 19.3. The molecule has 3 amide bonds. The van der Waals surface area contributed by atoms with E-state index >= 15 is 0 Å². The fourth-order valence-electron chi connectivity index (χ4n) is 4.23. The number of aryl methyl sites for hydroxylation is 1. The SMILES string of the molecule is COc1cccc([C@H](C(=O)NC(C)(C)C)N(C(=O)CCC(=O)Nc2cc(C)on2)c2ccc(C(C)=O)cc2)c1OC. The highest BCUT2D eigenvalue weighted by molar-refractivity contribution is 6.04. The molecule has 1 aromatic heterocycles. The van der Waals surface area contributed by atoms with Gasteiger partial charge < -0.3 is 24.6 Å². The molecule has 41 heavy (non-hydrogen) atoms. The molecule has 0 unspecified atom stereocenters. The molecule has 0 aliphatic heterocycles. The summed E-state index contributed by atoms with van der Waals surface area (Å²) >= 11 is 0. The third kappa shape index (κ3) is 7.93. The average molecular weight is 565 g/mol. The number of hydrogen-bond donors (Lipinski definition) is 2. The van der Waals surface area contributed by atoms with Gasteiger partial charge >= 0.3 is 0 Å². The highest BCUT2D eigenvalue weighted by Gasteiger charge is 2.37. The van der Waals surface area contributed by atoms with Crippen LogP contribution in [0.3, 0.4) is 0 Å². The lowest BCUT2D eigenvalue weighted by Gasteiger charge is -2.34. The van der Waals surface area contributed by atoms with Crippen molar-refractivity contribution in [2.24, 2.45) is 0 Å². The molecule has 0 spiro atoms. The molecule has 0 bridgehead atoms. The van der Waals surface area contributed by atoms with E-state index in [2.05, 4.69) is 15.8 Å². The second kappa shape index (κ2) is 13.1. The van der Waals surface area contributed by atoms with E-state index in [0.29, 0.717) is 28.3 Å². The summed E-state index contributed by atoms with van der Waals surface area (Å²) in [6, 6.07) is 11.8. The summed E-state index contributed by atoms with van der Waals surface area (Å²) in [6.45, 7) is 8.61. The summed E-state index contributed by atoms with van der Waals surface area (Å²) in [5.74, 6) is -0.168. The number of carbonyl (C=O) groups excluding carboxylic acids is 4. The van der Waals surface area contributed by atoms with E-state index in [4.69, 9.17) is 14.0 Å². The van der Waals surface area contributed by atoms with E-state index < -0.39 is 29.3 Å². The van der Waals surface area contributed by atoms with E-state index in [1.807, 2.05) is 20.8 Å². The Labute approximate surface area is 239 Å². The molecule has 3 aromatic rings. The number of hydrogen-bond acceptors (Lipinski definition) is 8. The van der Waals surface area contributed by atoms with Gasteiger partial charge in [-0.2, -0.15) is 0 Å². The smallest absolute Gasteiger partial charge is 0.248 e. The van der Waals surface area contributed by atoms with Crippen LogP contribution in [0.1, 0.15) is 68.3 Å². The number of ketones is 1. The molecule has 0 radical (unpaired) electrons. The lowest BCUT2D eigenvalue weighted by molar-refractivity contribution is -0.128. The fourth-order valence-corrected chi connectivity index (χ4v) is 4.23. The Balaban J connectivity index is 2.09. The number of rotatable bonds is 11. The number of methoxy groups -OCH3 is 2. The van der Waals surface area contributed by atoms with Crippen molar-refractivity contribution in [1.29, 1.82) is 0 Å². The normalized spacial score (nSPS) is 11.8. The van der Waals surface area contributed by atoms with Gasteiger partial charge in [0, 0.05) is 41.3 Å². The number of anilines is 2. The number of amides is 3. The van der Waals surface area contributed by atoms with Crippen molar-refractivity contribution in [3.63, 3.8) is 0 Å². The maximum Gasteiger partial charge on any atom is 0.248 e. The van der Waals surface area contributed by atoms with E-state index in [0.717, 1.165) is 0 Å². The van der Waals surface area contributed by atoms with Gasteiger partial charge in [0.15, 0.2) is 23.1 Å². The summed E-state index contributed by atoms with van der Waals surface area (Å²) in [7, 11) is 2.92. The highest BCUT2D eigenvalue weighted by atomic mass is 16.5. The van der Waals surface area contributed by atoms with E-state index in [1.54, 1.807) is 55.5 Å². The molecule has 11 heteroatoms. The van der Waals surface area contributed by atoms with Gasteiger partial charge in [0.25, 0.3) is 0 Å². The Kier molecular flexibility index (Phi) is 9.88. The van der Waals surface area contributed by atoms with Crippen LogP contribution in [0.25, 0.3) is 0 Å². The molecule has 218 valence electrons. The first-order valence-corrected chi connectivity index (χ1v) is 13.0. The van der Waals surface area contributed by atoms with Gasteiger partial charge in [-0.3, -0.25) is 24.1 Å². The predicted octanol–water partition coefficient (Wildman–Crippen LogP) is 4.61. The second-order valence-electron chi connectivity index (χ2n) is 10.5. The Hall–Kier alpha value is -4.67. The van der Waals surface area contributed by atoms with Gasteiger partial charge in [0.1, 0.15) is 11.8 Å². The van der Waals surface area contributed by atoms with E-state index in [1.165, 1.54) is 26.0 Å². The number of nitrogens with one attached hydrogen (secondary N) is 2. The molecule has 0 saturated carbocycles. The summed E-state index contributed by atoms with van der Waals surface area (Å²) in [6.07, 6.45) is -0.418. The van der Waals surface area contributed by atoms with Crippen LogP contribution in [0.4, 0.5) is 11.5 Å². The maximum atomic E-state index is 14.0. The fraction of sp³-hybridized carbons (Fsp3) is 0.367. The van der Waals surface area contributed by atoms with E-state index in [-0.39, 0.29) is 30.2 Å².